The molecule has 6 nitrogen and oxygen atoms in total. The zero-order chi connectivity index (χ0) is 14.5. The second-order valence-electron chi connectivity index (χ2n) is 4.65. The minimum atomic E-state index is 0.0120. The largest absolute Gasteiger partial charge is 0.340 e. The maximum Gasteiger partial charge on any atom is 0.253 e. The summed E-state index contributed by atoms with van der Waals surface area (Å²) in [6, 6.07) is 7.34. The van der Waals surface area contributed by atoms with Gasteiger partial charge in [0.25, 0.3) is 5.91 Å². The van der Waals surface area contributed by atoms with E-state index in [0.717, 1.165) is 17.9 Å². The van der Waals surface area contributed by atoms with Crippen molar-refractivity contribution in [3.63, 3.8) is 0 Å². The van der Waals surface area contributed by atoms with Gasteiger partial charge in [0.15, 0.2) is 5.82 Å². The molecular formula is C14H19N5O. The molecule has 0 radical (unpaired) electrons. The molecule has 0 bridgehead atoms. The third-order valence-electron chi connectivity index (χ3n) is 3.03. The number of nitrogens with one attached hydrogen (secondary N) is 2. The monoisotopic (exact) mass is 273 g/mol. The lowest BCUT2D eigenvalue weighted by atomic mass is 10.1. The van der Waals surface area contributed by atoms with Crippen LogP contribution >= 0.6 is 0 Å². The first-order chi connectivity index (χ1) is 9.61. The van der Waals surface area contributed by atoms with Gasteiger partial charge in [0.1, 0.15) is 5.82 Å². The Bertz CT molecular complexity index is 576. The van der Waals surface area contributed by atoms with E-state index in [-0.39, 0.29) is 5.91 Å². The molecule has 0 aliphatic heterocycles. The number of carbonyl (C=O) groups excluding carboxylic acids is 1. The van der Waals surface area contributed by atoms with Crippen molar-refractivity contribution < 1.29 is 4.79 Å². The number of likely N-dealkylation sites (N-methyl/N-ethyl adjacent to an activating group) is 2. The fourth-order valence-corrected chi connectivity index (χ4v) is 1.84. The maximum atomic E-state index is 12.2. The van der Waals surface area contributed by atoms with Crippen molar-refractivity contribution in [1.29, 1.82) is 0 Å². The van der Waals surface area contributed by atoms with Gasteiger partial charge in [0.2, 0.25) is 0 Å². The predicted molar refractivity (Wildman–Crippen MR) is 77.4 cm³/mol. The lowest BCUT2D eigenvalue weighted by Crippen LogP contribution is -2.32. The van der Waals surface area contributed by atoms with E-state index in [0.29, 0.717) is 17.9 Å². The number of hydrogen-bond donors (Lipinski definition) is 2. The van der Waals surface area contributed by atoms with Crippen LogP contribution in [0.3, 0.4) is 0 Å². The highest BCUT2D eigenvalue weighted by Gasteiger charge is 2.11. The molecule has 0 atom stereocenters. The second-order valence-corrected chi connectivity index (χ2v) is 4.65. The van der Waals surface area contributed by atoms with Gasteiger partial charge in [-0.3, -0.25) is 9.89 Å². The van der Waals surface area contributed by atoms with E-state index >= 15 is 0 Å². The molecule has 2 N–H and O–H groups in total. The molecule has 0 fully saturated rings. The van der Waals surface area contributed by atoms with Crippen molar-refractivity contribution >= 4 is 5.91 Å². The molecule has 0 aliphatic rings. The number of benzene rings is 1. The number of aromatic nitrogens is 3. The highest BCUT2D eigenvalue weighted by molar-refractivity contribution is 5.94. The van der Waals surface area contributed by atoms with Crippen molar-refractivity contribution in [3.05, 3.63) is 35.7 Å². The van der Waals surface area contributed by atoms with Gasteiger partial charge in [-0.15, -0.1) is 0 Å². The van der Waals surface area contributed by atoms with Gasteiger partial charge in [-0.05, 0) is 26.1 Å². The summed E-state index contributed by atoms with van der Waals surface area (Å²) in [5.41, 5.74) is 1.56. The minimum Gasteiger partial charge on any atom is -0.340 e. The molecule has 0 saturated carbocycles. The molecule has 2 rings (SSSR count). The fourth-order valence-electron chi connectivity index (χ4n) is 1.84. The fraction of sp³-hybridized carbons (Fsp3) is 0.357. The first-order valence-corrected chi connectivity index (χ1v) is 6.51. The minimum absolute atomic E-state index is 0.0120. The van der Waals surface area contributed by atoms with Crippen LogP contribution < -0.4 is 5.32 Å². The number of amides is 1. The number of hydrogen-bond acceptors (Lipinski definition) is 4. The third-order valence-corrected chi connectivity index (χ3v) is 3.03. The zero-order valence-electron chi connectivity index (χ0n) is 12.0. The van der Waals surface area contributed by atoms with Crippen LogP contribution in [0.4, 0.5) is 0 Å². The number of H-pyrrole nitrogens is 1. The summed E-state index contributed by atoms with van der Waals surface area (Å²) in [6.45, 7) is 3.30. The van der Waals surface area contributed by atoms with Crippen molar-refractivity contribution in [2.45, 2.75) is 6.92 Å². The van der Waals surface area contributed by atoms with Gasteiger partial charge in [-0.2, -0.15) is 5.10 Å². The van der Waals surface area contributed by atoms with E-state index in [1.54, 1.807) is 24.1 Å². The molecule has 1 amide bonds. The Morgan fingerprint density at radius 3 is 2.60 bits per heavy atom. The number of carbonyl (C=O) groups is 1. The summed E-state index contributed by atoms with van der Waals surface area (Å²) in [7, 11) is 3.66. The SMILES string of the molecule is CNCCN(C)C(=O)c1ccc(-c2n[nH]c(C)n2)cc1. The van der Waals surface area contributed by atoms with Crippen molar-refractivity contribution in [2.24, 2.45) is 0 Å². The Morgan fingerprint density at radius 2 is 2.05 bits per heavy atom. The van der Waals surface area contributed by atoms with Crippen LogP contribution in [-0.2, 0) is 0 Å². The lowest BCUT2D eigenvalue weighted by Gasteiger charge is -2.16. The average molecular weight is 273 g/mol. The molecule has 1 aromatic heterocycles. The predicted octanol–water partition coefficient (Wildman–Crippen LogP) is 1.07. The Labute approximate surface area is 118 Å². The number of aryl methyl sites for hydroxylation is 1. The Morgan fingerprint density at radius 1 is 1.35 bits per heavy atom. The summed E-state index contributed by atoms with van der Waals surface area (Å²) in [4.78, 5) is 18.1. The summed E-state index contributed by atoms with van der Waals surface area (Å²) in [5.74, 6) is 1.43. The number of aromatic amines is 1. The molecule has 0 saturated heterocycles. The van der Waals surface area contributed by atoms with Crippen LogP contribution in [-0.4, -0.2) is 53.2 Å². The zero-order valence-corrected chi connectivity index (χ0v) is 12.0. The van der Waals surface area contributed by atoms with Gasteiger partial charge in [0.05, 0.1) is 0 Å². The van der Waals surface area contributed by atoms with Gasteiger partial charge >= 0.3 is 0 Å². The molecule has 106 valence electrons. The van der Waals surface area contributed by atoms with E-state index in [1.807, 2.05) is 26.1 Å². The van der Waals surface area contributed by atoms with Gasteiger partial charge in [-0.25, -0.2) is 4.98 Å². The molecule has 1 heterocycles. The van der Waals surface area contributed by atoms with Gasteiger partial charge < -0.3 is 10.2 Å². The van der Waals surface area contributed by atoms with E-state index in [1.165, 1.54) is 0 Å². The Hall–Kier alpha value is -2.21. The van der Waals surface area contributed by atoms with Crippen LogP contribution in [0.1, 0.15) is 16.2 Å². The Kier molecular flexibility index (Phi) is 4.47. The highest BCUT2D eigenvalue weighted by atomic mass is 16.2. The summed E-state index contributed by atoms with van der Waals surface area (Å²) in [5, 5.41) is 9.92. The van der Waals surface area contributed by atoms with E-state index in [9.17, 15) is 4.79 Å². The third kappa shape index (κ3) is 3.21. The second kappa shape index (κ2) is 6.29. The Balaban J connectivity index is 2.10. The normalized spacial score (nSPS) is 10.6. The van der Waals surface area contributed by atoms with Crippen LogP contribution in [0.5, 0.6) is 0 Å². The van der Waals surface area contributed by atoms with Crippen molar-refractivity contribution in [2.75, 3.05) is 27.2 Å². The molecule has 0 spiro atoms. The van der Waals surface area contributed by atoms with Crippen LogP contribution in [0.15, 0.2) is 24.3 Å². The molecule has 2 aromatic rings. The van der Waals surface area contributed by atoms with Crippen LogP contribution in [0.25, 0.3) is 11.4 Å². The maximum absolute atomic E-state index is 12.2. The summed E-state index contributed by atoms with van der Waals surface area (Å²) >= 11 is 0. The highest BCUT2D eigenvalue weighted by Crippen LogP contribution is 2.16. The van der Waals surface area contributed by atoms with E-state index in [4.69, 9.17) is 0 Å². The van der Waals surface area contributed by atoms with E-state index < -0.39 is 0 Å². The first-order valence-electron chi connectivity index (χ1n) is 6.51. The van der Waals surface area contributed by atoms with Gasteiger partial charge in [0, 0.05) is 31.3 Å². The van der Waals surface area contributed by atoms with Crippen LogP contribution in [0, 0.1) is 6.92 Å². The summed E-state index contributed by atoms with van der Waals surface area (Å²) in [6.07, 6.45) is 0. The molecular weight excluding hydrogens is 254 g/mol. The molecule has 1 aromatic carbocycles. The average Bonchev–Trinajstić information content (AvgIpc) is 2.90. The smallest absolute Gasteiger partial charge is 0.253 e. The summed E-state index contributed by atoms with van der Waals surface area (Å²) < 4.78 is 0. The lowest BCUT2D eigenvalue weighted by molar-refractivity contribution is 0.0797. The quantitative estimate of drug-likeness (QED) is 0.854. The first kappa shape index (κ1) is 14.2. The van der Waals surface area contributed by atoms with Crippen LogP contribution in [0.2, 0.25) is 0 Å². The molecule has 6 heteroatoms. The molecule has 0 unspecified atom stereocenters. The molecule has 20 heavy (non-hydrogen) atoms. The van der Waals surface area contributed by atoms with Crippen molar-refractivity contribution in [3.8, 4) is 11.4 Å². The van der Waals surface area contributed by atoms with E-state index in [2.05, 4.69) is 20.5 Å². The number of rotatable bonds is 5. The van der Waals surface area contributed by atoms with Crippen molar-refractivity contribution in [1.82, 2.24) is 25.4 Å². The standard InChI is InChI=1S/C14H19N5O/c1-10-16-13(18-17-10)11-4-6-12(7-5-11)14(20)19(3)9-8-15-2/h4-7,15H,8-9H2,1-3H3,(H,16,17,18). The van der Waals surface area contributed by atoms with Gasteiger partial charge in [-0.1, -0.05) is 12.1 Å². The topological polar surface area (TPSA) is 73.9 Å². The molecule has 0 aliphatic carbocycles. The number of nitrogens with zero attached hydrogens (tertiary/aromatic N) is 3.